The van der Waals surface area contributed by atoms with E-state index < -0.39 is 0 Å². The summed E-state index contributed by atoms with van der Waals surface area (Å²) in [6.45, 7) is 8.07. The van der Waals surface area contributed by atoms with E-state index in [2.05, 4.69) is 10.3 Å². The molecule has 1 aromatic heterocycles. The number of aromatic nitrogens is 1. The highest BCUT2D eigenvalue weighted by molar-refractivity contribution is 7.09. The highest BCUT2D eigenvalue weighted by Gasteiger charge is 2.30. The Labute approximate surface area is 157 Å². The molecule has 0 unspecified atom stereocenters. The third kappa shape index (κ3) is 4.19. The van der Waals surface area contributed by atoms with E-state index in [4.69, 9.17) is 0 Å². The molecule has 0 spiro atoms. The van der Waals surface area contributed by atoms with Crippen LogP contribution in [-0.4, -0.2) is 27.2 Å². The lowest BCUT2D eigenvalue weighted by Crippen LogP contribution is -2.46. The lowest BCUT2D eigenvalue weighted by molar-refractivity contribution is -0.133. The second-order valence-electron chi connectivity index (χ2n) is 7.45. The van der Waals surface area contributed by atoms with Crippen molar-refractivity contribution in [1.29, 1.82) is 0 Å². The second kappa shape index (κ2) is 7.03. The van der Waals surface area contributed by atoms with E-state index >= 15 is 0 Å². The monoisotopic (exact) mass is 369 g/mol. The van der Waals surface area contributed by atoms with E-state index in [0.29, 0.717) is 12.2 Å². The molecule has 1 aromatic carbocycles. The standard InChI is InChI=1S/C20H23N3O2S/c1-13-21-16(12-26-13)10-18(24)23-11-15-8-6-5-7-14(15)9-17(23)19(25)22-20(2,3)4/h5-9,12H,10-11H2,1-4H3,(H,22,25). The normalized spacial score (nSPS) is 13.8. The molecule has 2 aromatic rings. The summed E-state index contributed by atoms with van der Waals surface area (Å²) >= 11 is 1.52. The van der Waals surface area contributed by atoms with Crippen molar-refractivity contribution in [2.24, 2.45) is 0 Å². The number of nitrogens with zero attached hydrogens (tertiary/aromatic N) is 2. The summed E-state index contributed by atoms with van der Waals surface area (Å²) in [7, 11) is 0. The molecule has 0 atom stereocenters. The van der Waals surface area contributed by atoms with Crippen molar-refractivity contribution in [3.05, 3.63) is 57.2 Å². The van der Waals surface area contributed by atoms with Crippen LogP contribution in [0.3, 0.4) is 0 Å². The minimum absolute atomic E-state index is 0.125. The quantitative estimate of drug-likeness (QED) is 0.903. The van der Waals surface area contributed by atoms with Gasteiger partial charge in [0.25, 0.3) is 5.91 Å². The van der Waals surface area contributed by atoms with Crippen molar-refractivity contribution in [2.45, 2.75) is 46.2 Å². The number of fused-ring (bicyclic) bond motifs is 1. The van der Waals surface area contributed by atoms with Crippen LogP contribution in [0.15, 0.2) is 35.3 Å². The molecule has 0 radical (unpaired) electrons. The molecule has 0 fully saturated rings. The van der Waals surface area contributed by atoms with Gasteiger partial charge >= 0.3 is 0 Å². The summed E-state index contributed by atoms with van der Waals surface area (Å²) in [6, 6.07) is 7.83. The predicted molar refractivity (Wildman–Crippen MR) is 103 cm³/mol. The van der Waals surface area contributed by atoms with Gasteiger partial charge in [0.05, 0.1) is 23.7 Å². The lowest BCUT2D eigenvalue weighted by atomic mass is 10.00. The summed E-state index contributed by atoms with van der Waals surface area (Å²) < 4.78 is 0. The van der Waals surface area contributed by atoms with Gasteiger partial charge in [0.2, 0.25) is 5.91 Å². The Hall–Kier alpha value is -2.47. The van der Waals surface area contributed by atoms with Crippen molar-refractivity contribution in [2.75, 3.05) is 0 Å². The maximum atomic E-state index is 12.9. The number of aryl methyl sites for hydroxylation is 1. The number of carbonyl (C=O) groups excluding carboxylic acids is 2. The summed E-state index contributed by atoms with van der Waals surface area (Å²) in [5, 5.41) is 5.78. The highest BCUT2D eigenvalue weighted by Crippen LogP contribution is 2.26. The van der Waals surface area contributed by atoms with Crippen LogP contribution in [0, 0.1) is 6.92 Å². The average molecular weight is 369 g/mol. The van der Waals surface area contributed by atoms with E-state index in [1.807, 2.05) is 57.3 Å². The summed E-state index contributed by atoms with van der Waals surface area (Å²) in [5.41, 5.74) is 2.75. The number of rotatable bonds is 3. The van der Waals surface area contributed by atoms with E-state index in [1.165, 1.54) is 11.3 Å². The van der Waals surface area contributed by atoms with Gasteiger partial charge in [-0.05, 0) is 44.9 Å². The van der Waals surface area contributed by atoms with Crippen molar-refractivity contribution < 1.29 is 9.59 Å². The zero-order valence-corrected chi connectivity index (χ0v) is 16.3. The Morgan fingerprint density at radius 1 is 1.27 bits per heavy atom. The van der Waals surface area contributed by atoms with E-state index in [0.717, 1.165) is 21.8 Å². The van der Waals surface area contributed by atoms with E-state index in [1.54, 1.807) is 11.0 Å². The van der Waals surface area contributed by atoms with Crippen LogP contribution < -0.4 is 5.32 Å². The number of nitrogens with one attached hydrogen (secondary N) is 1. The highest BCUT2D eigenvalue weighted by atomic mass is 32.1. The molecule has 0 saturated carbocycles. The minimum atomic E-state index is -0.379. The van der Waals surface area contributed by atoms with Crippen LogP contribution >= 0.6 is 11.3 Å². The van der Waals surface area contributed by atoms with Gasteiger partial charge < -0.3 is 10.2 Å². The van der Waals surface area contributed by atoms with Crippen molar-refractivity contribution in [1.82, 2.24) is 15.2 Å². The molecule has 2 heterocycles. The molecule has 1 N–H and O–H groups in total. The smallest absolute Gasteiger partial charge is 0.268 e. The fourth-order valence-corrected chi connectivity index (χ4v) is 3.47. The summed E-state index contributed by atoms with van der Waals surface area (Å²) in [5.74, 6) is -0.366. The molecule has 6 heteroatoms. The molecular formula is C20H23N3O2S. The van der Waals surface area contributed by atoms with Crippen LogP contribution in [0.25, 0.3) is 6.08 Å². The number of amides is 2. The number of thiazole rings is 1. The number of hydrogen-bond donors (Lipinski definition) is 1. The fourth-order valence-electron chi connectivity index (χ4n) is 2.85. The van der Waals surface area contributed by atoms with Gasteiger partial charge in [-0.2, -0.15) is 0 Å². The Bertz CT molecular complexity index is 877. The van der Waals surface area contributed by atoms with Gasteiger partial charge in [-0.25, -0.2) is 4.98 Å². The first-order chi connectivity index (χ1) is 12.2. The van der Waals surface area contributed by atoms with Crippen molar-refractivity contribution in [3.8, 4) is 0 Å². The Kier molecular flexibility index (Phi) is 4.96. The van der Waals surface area contributed by atoms with Crippen molar-refractivity contribution in [3.63, 3.8) is 0 Å². The van der Waals surface area contributed by atoms with Crippen LogP contribution in [0.4, 0.5) is 0 Å². The zero-order valence-electron chi connectivity index (χ0n) is 15.5. The summed E-state index contributed by atoms with van der Waals surface area (Å²) in [4.78, 5) is 31.7. The first kappa shape index (κ1) is 18.3. The van der Waals surface area contributed by atoms with Gasteiger partial charge in [-0.3, -0.25) is 9.59 Å². The fraction of sp³-hybridized carbons (Fsp3) is 0.350. The van der Waals surface area contributed by atoms with Crippen LogP contribution in [0.5, 0.6) is 0 Å². The molecule has 26 heavy (non-hydrogen) atoms. The number of carbonyl (C=O) groups is 2. The third-order valence-corrected chi connectivity index (χ3v) is 4.81. The van der Waals surface area contributed by atoms with Gasteiger partial charge in [-0.1, -0.05) is 24.3 Å². The second-order valence-corrected chi connectivity index (χ2v) is 8.51. The lowest BCUT2D eigenvalue weighted by Gasteiger charge is -2.31. The molecule has 5 nitrogen and oxygen atoms in total. The first-order valence-corrected chi connectivity index (χ1v) is 9.44. The van der Waals surface area contributed by atoms with E-state index in [-0.39, 0.29) is 23.8 Å². The maximum absolute atomic E-state index is 12.9. The maximum Gasteiger partial charge on any atom is 0.268 e. The largest absolute Gasteiger partial charge is 0.346 e. The Balaban J connectivity index is 1.91. The topological polar surface area (TPSA) is 62.3 Å². The van der Waals surface area contributed by atoms with Gasteiger partial charge in [0.1, 0.15) is 5.70 Å². The molecule has 0 saturated heterocycles. The first-order valence-electron chi connectivity index (χ1n) is 8.56. The molecule has 136 valence electrons. The SMILES string of the molecule is Cc1nc(CC(=O)N2Cc3ccccc3C=C2C(=O)NC(C)(C)C)cs1. The Morgan fingerprint density at radius 3 is 2.65 bits per heavy atom. The average Bonchev–Trinajstić information content (AvgIpc) is 2.97. The van der Waals surface area contributed by atoms with E-state index in [9.17, 15) is 9.59 Å². The Morgan fingerprint density at radius 2 is 2.00 bits per heavy atom. The van der Waals surface area contributed by atoms with Crippen LogP contribution in [0.1, 0.15) is 42.6 Å². The predicted octanol–water partition coefficient (Wildman–Crippen LogP) is 3.29. The molecular weight excluding hydrogens is 346 g/mol. The van der Waals surface area contributed by atoms with Gasteiger partial charge in [-0.15, -0.1) is 11.3 Å². The zero-order chi connectivity index (χ0) is 18.9. The van der Waals surface area contributed by atoms with Gasteiger partial charge in [0.15, 0.2) is 0 Å². The van der Waals surface area contributed by atoms with Crippen LogP contribution in [0.2, 0.25) is 0 Å². The minimum Gasteiger partial charge on any atom is -0.346 e. The number of benzene rings is 1. The van der Waals surface area contributed by atoms with Crippen molar-refractivity contribution >= 4 is 29.2 Å². The molecule has 0 aliphatic carbocycles. The number of hydrogen-bond acceptors (Lipinski definition) is 4. The molecule has 2 amide bonds. The molecule has 3 rings (SSSR count). The molecule has 0 bridgehead atoms. The third-order valence-electron chi connectivity index (χ3n) is 3.99. The molecule has 1 aliphatic heterocycles. The summed E-state index contributed by atoms with van der Waals surface area (Å²) in [6.07, 6.45) is 1.98. The van der Waals surface area contributed by atoms with Crippen LogP contribution in [-0.2, 0) is 22.6 Å². The molecule has 1 aliphatic rings. The van der Waals surface area contributed by atoms with Gasteiger partial charge in [0, 0.05) is 10.9 Å².